The molecule has 0 spiro atoms. The molecular weight excluding hydrogens is 258 g/mol. The minimum Gasteiger partial charge on any atom is -0.378 e. The molecule has 0 bridgehead atoms. The second-order valence-corrected chi connectivity index (χ2v) is 5.39. The maximum atomic E-state index is 11.6. The van der Waals surface area contributed by atoms with Crippen LogP contribution in [0.3, 0.4) is 0 Å². The zero-order valence-electron chi connectivity index (χ0n) is 12.5. The van der Waals surface area contributed by atoms with Gasteiger partial charge in [0.25, 0.3) is 0 Å². The van der Waals surface area contributed by atoms with Crippen LogP contribution in [0.2, 0.25) is 0 Å². The van der Waals surface area contributed by atoms with Gasteiger partial charge in [0.05, 0.1) is 12.7 Å². The number of nitrogens with one attached hydrogen (secondary N) is 3. The maximum absolute atomic E-state index is 11.6. The molecule has 1 aliphatic heterocycles. The molecule has 116 valence electrons. The lowest BCUT2D eigenvalue weighted by molar-refractivity contribution is -0.123. The first kappa shape index (κ1) is 16.9. The zero-order chi connectivity index (χ0) is 14.8. The van der Waals surface area contributed by atoms with Gasteiger partial charge in [0, 0.05) is 25.4 Å². The molecule has 1 aliphatic rings. The van der Waals surface area contributed by atoms with Crippen molar-refractivity contribution < 1.29 is 14.3 Å². The first-order valence-corrected chi connectivity index (χ1v) is 7.46. The largest absolute Gasteiger partial charge is 0.378 e. The van der Waals surface area contributed by atoms with Crippen LogP contribution in [0.4, 0.5) is 0 Å². The van der Waals surface area contributed by atoms with Gasteiger partial charge in [-0.05, 0) is 39.8 Å². The van der Waals surface area contributed by atoms with Crippen molar-refractivity contribution in [3.8, 4) is 0 Å². The molecule has 1 saturated heterocycles. The quantitative estimate of drug-likeness (QED) is 0.594. The Balaban J connectivity index is 1.98. The molecule has 0 atom stereocenters. The van der Waals surface area contributed by atoms with E-state index < -0.39 is 0 Å². The summed E-state index contributed by atoms with van der Waals surface area (Å²) in [6.07, 6.45) is 2.98. The van der Waals surface area contributed by atoms with Crippen molar-refractivity contribution in [2.75, 3.05) is 26.2 Å². The average Bonchev–Trinajstić information content (AvgIpc) is 2.39. The molecule has 0 aromatic rings. The average molecular weight is 285 g/mol. The summed E-state index contributed by atoms with van der Waals surface area (Å²) in [5.74, 6) is -0.0949. The summed E-state index contributed by atoms with van der Waals surface area (Å²) in [5, 5.41) is 8.78. The molecule has 0 unspecified atom stereocenters. The first-order chi connectivity index (χ1) is 9.58. The molecule has 0 radical (unpaired) electrons. The van der Waals surface area contributed by atoms with Crippen molar-refractivity contribution >= 4 is 11.8 Å². The highest BCUT2D eigenvalue weighted by molar-refractivity contribution is 5.79. The third-order valence-electron chi connectivity index (χ3n) is 3.09. The summed E-state index contributed by atoms with van der Waals surface area (Å²) in [5.41, 5.74) is 0. The molecule has 20 heavy (non-hydrogen) atoms. The van der Waals surface area contributed by atoms with Crippen LogP contribution in [0.25, 0.3) is 0 Å². The zero-order valence-corrected chi connectivity index (χ0v) is 12.5. The van der Waals surface area contributed by atoms with Gasteiger partial charge in [-0.25, -0.2) is 0 Å². The van der Waals surface area contributed by atoms with E-state index in [9.17, 15) is 9.59 Å². The molecule has 1 rings (SSSR count). The molecule has 2 amide bonds. The van der Waals surface area contributed by atoms with Gasteiger partial charge < -0.3 is 20.7 Å². The van der Waals surface area contributed by atoms with Crippen molar-refractivity contribution in [2.24, 2.45) is 0 Å². The van der Waals surface area contributed by atoms with E-state index in [1.807, 2.05) is 13.8 Å². The molecule has 1 fully saturated rings. The predicted molar refractivity (Wildman–Crippen MR) is 77.4 cm³/mol. The lowest BCUT2D eigenvalue weighted by atomic mass is 10.1. The molecule has 0 aromatic carbocycles. The van der Waals surface area contributed by atoms with Crippen LogP contribution >= 0.6 is 0 Å². The summed E-state index contributed by atoms with van der Waals surface area (Å²) < 4.78 is 5.65. The minimum atomic E-state index is -0.0590. The molecule has 6 nitrogen and oxygen atoms in total. The second kappa shape index (κ2) is 9.72. The lowest BCUT2D eigenvalue weighted by Crippen LogP contribution is -2.35. The van der Waals surface area contributed by atoms with E-state index in [1.54, 1.807) is 0 Å². The standard InChI is InChI=1S/C14H27N3O3/c1-11(2)17-14(19)5-9-16-13(18)6-10-20-12-3-7-15-8-4-12/h11-12,15H,3-10H2,1-2H3,(H,16,18)(H,17,19). The third kappa shape index (κ3) is 8.12. The Labute approximate surface area is 121 Å². The first-order valence-electron chi connectivity index (χ1n) is 7.46. The molecule has 0 saturated carbocycles. The SMILES string of the molecule is CC(C)NC(=O)CCNC(=O)CCOC1CCNCC1. The highest BCUT2D eigenvalue weighted by atomic mass is 16.5. The molecule has 3 N–H and O–H groups in total. The highest BCUT2D eigenvalue weighted by Gasteiger charge is 2.13. The fraction of sp³-hybridized carbons (Fsp3) is 0.857. The van der Waals surface area contributed by atoms with Gasteiger partial charge >= 0.3 is 0 Å². The van der Waals surface area contributed by atoms with Crippen molar-refractivity contribution in [1.29, 1.82) is 0 Å². The number of hydrogen-bond acceptors (Lipinski definition) is 4. The lowest BCUT2D eigenvalue weighted by Gasteiger charge is -2.22. The van der Waals surface area contributed by atoms with E-state index in [2.05, 4.69) is 16.0 Å². The molecular formula is C14H27N3O3. The molecule has 0 aromatic heterocycles. The van der Waals surface area contributed by atoms with E-state index in [1.165, 1.54) is 0 Å². The topological polar surface area (TPSA) is 79.5 Å². The Bertz CT molecular complexity index is 302. The number of ether oxygens (including phenoxy) is 1. The highest BCUT2D eigenvalue weighted by Crippen LogP contribution is 2.07. The molecule has 6 heteroatoms. The van der Waals surface area contributed by atoms with Gasteiger partial charge in [-0.1, -0.05) is 0 Å². The third-order valence-corrected chi connectivity index (χ3v) is 3.09. The van der Waals surface area contributed by atoms with E-state index in [0.717, 1.165) is 25.9 Å². The van der Waals surface area contributed by atoms with Gasteiger partial charge in [-0.3, -0.25) is 9.59 Å². The minimum absolute atomic E-state index is 0.0359. The van der Waals surface area contributed by atoms with Crippen LogP contribution in [0.15, 0.2) is 0 Å². The van der Waals surface area contributed by atoms with E-state index in [0.29, 0.717) is 26.0 Å². The van der Waals surface area contributed by atoms with Crippen LogP contribution in [0.5, 0.6) is 0 Å². The van der Waals surface area contributed by atoms with Crippen LogP contribution in [-0.4, -0.2) is 50.2 Å². The van der Waals surface area contributed by atoms with Gasteiger partial charge in [-0.15, -0.1) is 0 Å². The Morgan fingerprint density at radius 3 is 2.55 bits per heavy atom. The van der Waals surface area contributed by atoms with Crippen molar-refractivity contribution in [2.45, 2.75) is 51.7 Å². The van der Waals surface area contributed by atoms with Crippen LogP contribution in [0, 0.1) is 0 Å². The Morgan fingerprint density at radius 1 is 1.20 bits per heavy atom. The van der Waals surface area contributed by atoms with Crippen molar-refractivity contribution in [3.63, 3.8) is 0 Å². The smallest absolute Gasteiger partial charge is 0.222 e. The monoisotopic (exact) mass is 285 g/mol. The number of carbonyl (C=O) groups is 2. The van der Waals surface area contributed by atoms with E-state index in [4.69, 9.17) is 4.74 Å². The van der Waals surface area contributed by atoms with Crippen LogP contribution in [0.1, 0.15) is 39.5 Å². The van der Waals surface area contributed by atoms with Crippen LogP contribution in [-0.2, 0) is 14.3 Å². The number of carbonyl (C=O) groups excluding carboxylic acids is 2. The summed E-state index contributed by atoms with van der Waals surface area (Å²) in [4.78, 5) is 22.9. The van der Waals surface area contributed by atoms with E-state index >= 15 is 0 Å². The summed E-state index contributed by atoms with van der Waals surface area (Å²) in [6.45, 7) is 6.63. The van der Waals surface area contributed by atoms with Crippen molar-refractivity contribution in [1.82, 2.24) is 16.0 Å². The molecule has 1 heterocycles. The number of hydrogen-bond donors (Lipinski definition) is 3. The Hall–Kier alpha value is -1.14. The summed E-state index contributed by atoms with van der Waals surface area (Å²) in [6, 6.07) is 0.136. The van der Waals surface area contributed by atoms with Gasteiger partial charge in [0.15, 0.2) is 0 Å². The predicted octanol–water partition coefficient (Wildman–Crippen LogP) is 0.176. The molecule has 0 aliphatic carbocycles. The number of rotatable bonds is 8. The fourth-order valence-electron chi connectivity index (χ4n) is 2.08. The second-order valence-electron chi connectivity index (χ2n) is 5.39. The van der Waals surface area contributed by atoms with Crippen LogP contribution < -0.4 is 16.0 Å². The Kier molecular flexibility index (Phi) is 8.22. The fourth-order valence-corrected chi connectivity index (χ4v) is 2.08. The summed E-state index contributed by atoms with van der Waals surface area (Å²) in [7, 11) is 0. The maximum Gasteiger partial charge on any atom is 0.222 e. The van der Waals surface area contributed by atoms with Gasteiger partial charge in [0.1, 0.15) is 0 Å². The van der Waals surface area contributed by atoms with Crippen molar-refractivity contribution in [3.05, 3.63) is 0 Å². The normalized spacial score (nSPS) is 16.1. The summed E-state index contributed by atoms with van der Waals surface area (Å²) >= 11 is 0. The van der Waals surface area contributed by atoms with Gasteiger partial charge in [-0.2, -0.15) is 0 Å². The van der Waals surface area contributed by atoms with Gasteiger partial charge in [0.2, 0.25) is 11.8 Å². The number of piperidine rings is 1. The number of amides is 2. The van der Waals surface area contributed by atoms with E-state index in [-0.39, 0.29) is 24.0 Å². The Morgan fingerprint density at radius 2 is 1.90 bits per heavy atom.